The Morgan fingerprint density at radius 2 is 1.76 bits per heavy atom. The number of nitrogens with two attached hydrogens (primary N) is 1. The summed E-state index contributed by atoms with van der Waals surface area (Å²) in [5.41, 5.74) is 6.76. The molecule has 0 spiro atoms. The number of nitrogens with zero attached hydrogens (tertiary/aromatic N) is 2. The molecule has 1 heterocycles. The van der Waals surface area contributed by atoms with Gasteiger partial charge in [0.1, 0.15) is 12.7 Å². The Morgan fingerprint density at radius 1 is 1.14 bits per heavy atom. The van der Waals surface area contributed by atoms with Crippen molar-refractivity contribution < 1.29 is 29.0 Å². The lowest BCUT2D eigenvalue weighted by molar-refractivity contribution is -0.147. The van der Waals surface area contributed by atoms with Crippen molar-refractivity contribution >= 4 is 36.2 Å². The number of benzene rings is 1. The number of nitrogens with one attached hydrogen (secondary N) is 1. The fourth-order valence-corrected chi connectivity index (χ4v) is 4.39. The number of rotatable bonds is 10. The number of carbonyl (C=O) groups is 3. The number of carbonyl (C=O) groups excluding carboxylic acids is 3. The molecule has 1 aromatic rings. The third kappa shape index (κ3) is 8.23. The molecule has 4 N–H and O–H groups in total. The Hall–Kier alpha value is -2.53. The van der Waals surface area contributed by atoms with Crippen molar-refractivity contribution in [3.8, 4) is 0 Å². The largest absolute Gasteiger partial charge is 0.480 e. The minimum atomic E-state index is -1.27. The van der Waals surface area contributed by atoms with E-state index in [4.69, 9.17) is 20.6 Å². The smallest absolute Gasteiger partial charge is 0.423 e. The Morgan fingerprint density at radius 3 is 2.30 bits per heavy atom. The van der Waals surface area contributed by atoms with Crippen LogP contribution in [0.1, 0.15) is 53.0 Å². The van der Waals surface area contributed by atoms with Gasteiger partial charge in [0, 0.05) is 6.04 Å². The highest BCUT2D eigenvalue weighted by Gasteiger charge is 2.46. The van der Waals surface area contributed by atoms with Gasteiger partial charge in [-0.25, -0.2) is 4.79 Å². The van der Waals surface area contributed by atoms with Gasteiger partial charge in [0.15, 0.2) is 0 Å². The molecule has 37 heavy (non-hydrogen) atoms. The molecule has 0 aliphatic carbocycles. The van der Waals surface area contributed by atoms with Gasteiger partial charge in [-0.3, -0.25) is 19.9 Å². The van der Waals surface area contributed by atoms with Gasteiger partial charge in [-0.15, -0.1) is 12.4 Å². The van der Waals surface area contributed by atoms with Crippen molar-refractivity contribution in [2.75, 3.05) is 13.2 Å². The molecule has 0 aromatic heterocycles. The summed E-state index contributed by atoms with van der Waals surface area (Å²) >= 11 is 0. The highest BCUT2D eigenvalue weighted by molar-refractivity contribution is 6.12. The van der Waals surface area contributed by atoms with Gasteiger partial charge < -0.3 is 20.3 Å². The van der Waals surface area contributed by atoms with Crippen LogP contribution in [-0.4, -0.2) is 76.1 Å². The SMILES string of the molecule is CCOC(=N)C(O)[C@H](C(C)C)N1CCC[C@H]1C(=O)N(C(=O)OCc1ccccc1)C(=O)[C@@H](N)C(C)C.Cl. The second kappa shape index (κ2) is 15.0. The van der Waals surface area contributed by atoms with Crippen molar-refractivity contribution in [1.29, 1.82) is 5.41 Å². The monoisotopic (exact) mass is 540 g/mol. The molecular formula is C26H41ClN4O6. The summed E-state index contributed by atoms with van der Waals surface area (Å²) < 4.78 is 10.6. The second-order valence-electron chi connectivity index (χ2n) is 9.69. The van der Waals surface area contributed by atoms with Gasteiger partial charge in [-0.2, -0.15) is 4.90 Å². The second-order valence-corrected chi connectivity index (χ2v) is 9.69. The van der Waals surface area contributed by atoms with E-state index in [2.05, 4.69) is 0 Å². The number of aliphatic hydroxyl groups excluding tert-OH is 1. The first kappa shape index (κ1) is 32.5. The zero-order valence-corrected chi connectivity index (χ0v) is 23.1. The minimum absolute atomic E-state index is 0. The van der Waals surface area contributed by atoms with Crippen molar-refractivity contribution in [2.45, 2.75) is 78.3 Å². The van der Waals surface area contributed by atoms with Gasteiger partial charge in [0.05, 0.1) is 18.7 Å². The highest BCUT2D eigenvalue weighted by Crippen LogP contribution is 2.28. The Balaban J connectivity index is 0.00000684. The summed E-state index contributed by atoms with van der Waals surface area (Å²) in [7, 11) is 0. The number of ether oxygens (including phenoxy) is 2. The van der Waals surface area contributed by atoms with Gasteiger partial charge in [0.2, 0.25) is 5.90 Å². The maximum absolute atomic E-state index is 13.8. The predicted molar refractivity (Wildman–Crippen MR) is 142 cm³/mol. The summed E-state index contributed by atoms with van der Waals surface area (Å²) in [5.74, 6) is -2.32. The molecule has 208 valence electrons. The maximum atomic E-state index is 13.8. The van der Waals surface area contributed by atoms with E-state index in [1.54, 1.807) is 49.9 Å². The van der Waals surface area contributed by atoms with Gasteiger partial charge >= 0.3 is 6.09 Å². The quantitative estimate of drug-likeness (QED) is 0.303. The van der Waals surface area contributed by atoms with Crippen LogP contribution in [0.3, 0.4) is 0 Å². The van der Waals surface area contributed by atoms with E-state index in [1.807, 2.05) is 19.9 Å². The first-order valence-corrected chi connectivity index (χ1v) is 12.5. The maximum Gasteiger partial charge on any atom is 0.423 e. The molecule has 11 heteroatoms. The number of likely N-dealkylation sites (tertiary alicyclic amines) is 1. The average Bonchev–Trinajstić information content (AvgIpc) is 3.32. The zero-order chi connectivity index (χ0) is 27.0. The van der Waals surface area contributed by atoms with Crippen LogP contribution in [0.4, 0.5) is 4.79 Å². The van der Waals surface area contributed by atoms with Gasteiger partial charge in [-0.1, -0.05) is 58.0 Å². The van der Waals surface area contributed by atoms with E-state index in [-0.39, 0.29) is 43.4 Å². The molecule has 1 aliphatic heterocycles. The van der Waals surface area contributed by atoms with Crippen LogP contribution in [0.5, 0.6) is 0 Å². The Labute approximate surface area is 225 Å². The van der Waals surface area contributed by atoms with E-state index >= 15 is 0 Å². The summed E-state index contributed by atoms with van der Waals surface area (Å²) in [6, 6.07) is 6.37. The molecule has 1 saturated heterocycles. The van der Waals surface area contributed by atoms with Crippen molar-refractivity contribution in [3.05, 3.63) is 35.9 Å². The standard InChI is InChI=1S/C26H40N4O6.ClH/c1-6-35-23(28)22(31)21(17(4)5)29-14-10-13-19(29)24(32)30(25(33)20(27)16(2)3)26(34)36-15-18-11-8-7-9-12-18;/h7-9,11-12,16-17,19-22,28,31H,6,10,13-15,27H2,1-5H3;1H/t19-,20-,21-,22?;/m0./s1. The van der Waals surface area contributed by atoms with Crippen molar-refractivity contribution in [2.24, 2.45) is 17.6 Å². The predicted octanol–water partition coefficient (Wildman–Crippen LogP) is 2.95. The van der Waals surface area contributed by atoms with E-state index < -0.39 is 42.1 Å². The first-order valence-electron chi connectivity index (χ1n) is 12.5. The van der Waals surface area contributed by atoms with E-state index in [0.29, 0.717) is 29.8 Å². The van der Waals surface area contributed by atoms with Crippen LogP contribution < -0.4 is 5.73 Å². The van der Waals surface area contributed by atoms with E-state index in [9.17, 15) is 19.5 Å². The third-order valence-electron chi connectivity index (χ3n) is 6.37. The summed E-state index contributed by atoms with van der Waals surface area (Å²) in [5, 5.41) is 19.0. The lowest BCUT2D eigenvalue weighted by Crippen LogP contribution is -2.60. The van der Waals surface area contributed by atoms with Gasteiger partial charge in [0.25, 0.3) is 11.8 Å². The molecule has 1 fully saturated rings. The number of imide groups is 3. The molecule has 1 aromatic carbocycles. The average molecular weight is 541 g/mol. The van der Waals surface area contributed by atoms with Crippen LogP contribution >= 0.6 is 12.4 Å². The summed E-state index contributed by atoms with van der Waals surface area (Å²) in [6.45, 7) is 9.49. The molecular weight excluding hydrogens is 500 g/mol. The molecule has 1 aliphatic rings. The van der Waals surface area contributed by atoms with Crippen LogP contribution in [-0.2, 0) is 25.7 Å². The molecule has 0 bridgehead atoms. The molecule has 2 rings (SSSR count). The zero-order valence-electron chi connectivity index (χ0n) is 22.3. The van der Waals surface area contributed by atoms with Crippen molar-refractivity contribution in [3.63, 3.8) is 0 Å². The van der Waals surface area contributed by atoms with Crippen LogP contribution in [0.15, 0.2) is 30.3 Å². The lowest BCUT2D eigenvalue weighted by atomic mass is 9.95. The normalized spacial score (nSPS) is 18.0. The number of hydrogen-bond donors (Lipinski definition) is 3. The number of aliphatic hydroxyl groups is 1. The fourth-order valence-electron chi connectivity index (χ4n) is 4.39. The number of amides is 3. The van der Waals surface area contributed by atoms with Crippen LogP contribution in [0.2, 0.25) is 0 Å². The molecule has 0 saturated carbocycles. The molecule has 3 amide bonds. The first-order chi connectivity index (χ1) is 17.0. The van der Waals surface area contributed by atoms with Crippen molar-refractivity contribution in [1.82, 2.24) is 9.80 Å². The van der Waals surface area contributed by atoms with Gasteiger partial charge in [-0.05, 0) is 43.7 Å². The highest BCUT2D eigenvalue weighted by atomic mass is 35.5. The van der Waals surface area contributed by atoms with E-state index in [0.717, 1.165) is 0 Å². The minimum Gasteiger partial charge on any atom is -0.480 e. The van der Waals surface area contributed by atoms with E-state index in [1.165, 1.54) is 0 Å². The molecule has 1 unspecified atom stereocenters. The summed E-state index contributed by atoms with van der Waals surface area (Å²) in [4.78, 5) is 42.4. The number of hydrogen-bond acceptors (Lipinski definition) is 9. The van der Waals surface area contributed by atoms with Crippen LogP contribution in [0.25, 0.3) is 0 Å². The molecule has 4 atom stereocenters. The lowest BCUT2D eigenvalue weighted by Gasteiger charge is -2.38. The Bertz CT molecular complexity index is 914. The van der Waals surface area contributed by atoms with Crippen LogP contribution in [0, 0.1) is 17.2 Å². The molecule has 10 nitrogen and oxygen atoms in total. The fraction of sp³-hybridized carbons (Fsp3) is 0.615. The number of halogens is 1. The Kier molecular flexibility index (Phi) is 13.2. The summed E-state index contributed by atoms with van der Waals surface area (Å²) in [6.07, 6.45) is -1.36. The molecule has 0 radical (unpaired) electrons. The third-order valence-corrected chi connectivity index (χ3v) is 6.37. The topological polar surface area (TPSA) is 146 Å².